The van der Waals surface area contributed by atoms with Crippen molar-refractivity contribution >= 4 is 11.8 Å². The van der Waals surface area contributed by atoms with Gasteiger partial charge in [0.1, 0.15) is 0 Å². The first-order valence-corrected chi connectivity index (χ1v) is 3.57. The third kappa shape index (κ3) is 2.01. The molecule has 50 valence electrons. The Kier molecular flexibility index (Phi) is 2.05. The fourth-order valence-corrected chi connectivity index (χ4v) is 1.05. The summed E-state index contributed by atoms with van der Waals surface area (Å²) in [4.78, 5) is 0. The first-order valence-electron chi connectivity index (χ1n) is 2.69. The topological polar surface area (TPSA) is 54.5 Å². The van der Waals surface area contributed by atoms with Crippen LogP contribution in [0.15, 0.2) is 5.16 Å². The van der Waals surface area contributed by atoms with E-state index < -0.39 is 0 Å². The van der Waals surface area contributed by atoms with Gasteiger partial charge in [-0.1, -0.05) is 25.6 Å². The molecule has 0 atom stereocenters. The Hall–Kier alpha value is -0.580. The van der Waals surface area contributed by atoms with Crippen LogP contribution >= 0.6 is 11.8 Å². The maximum atomic E-state index is 3.70. The maximum absolute atomic E-state index is 3.70. The number of aromatic nitrogens is 4. The van der Waals surface area contributed by atoms with Crippen molar-refractivity contribution in [2.24, 2.45) is 0 Å². The molecule has 0 aliphatic carbocycles. The molecule has 0 unspecified atom stereocenters. The lowest BCUT2D eigenvalue weighted by Gasteiger charge is -1.95. The van der Waals surface area contributed by atoms with Gasteiger partial charge in [0.25, 0.3) is 0 Å². The van der Waals surface area contributed by atoms with Gasteiger partial charge in [-0.15, -0.1) is 5.10 Å². The van der Waals surface area contributed by atoms with Crippen molar-refractivity contribution in [2.45, 2.75) is 24.3 Å². The third-order valence-corrected chi connectivity index (χ3v) is 1.54. The second-order valence-corrected chi connectivity index (χ2v) is 3.44. The van der Waals surface area contributed by atoms with Gasteiger partial charge in [0.15, 0.2) is 0 Å². The lowest BCUT2D eigenvalue weighted by Crippen LogP contribution is -1.86. The molecule has 0 aromatic carbocycles. The molecule has 0 spiro atoms. The van der Waals surface area contributed by atoms with Gasteiger partial charge in [-0.25, -0.2) is 5.10 Å². The monoisotopic (exact) mass is 144 g/mol. The summed E-state index contributed by atoms with van der Waals surface area (Å²) in [7, 11) is 0. The van der Waals surface area contributed by atoms with E-state index in [1.54, 1.807) is 11.8 Å². The molecule has 0 bridgehead atoms. The summed E-state index contributed by atoms with van der Waals surface area (Å²) in [6, 6.07) is 0. The van der Waals surface area contributed by atoms with E-state index in [-0.39, 0.29) is 0 Å². The number of aromatic amines is 1. The van der Waals surface area contributed by atoms with Gasteiger partial charge in [0, 0.05) is 5.25 Å². The molecule has 9 heavy (non-hydrogen) atoms. The van der Waals surface area contributed by atoms with Gasteiger partial charge in [-0.05, 0) is 10.4 Å². The predicted molar refractivity (Wildman–Crippen MR) is 35.2 cm³/mol. The fourth-order valence-electron chi connectivity index (χ4n) is 0.424. The van der Waals surface area contributed by atoms with Gasteiger partial charge in [0.05, 0.1) is 0 Å². The Labute approximate surface area is 57.4 Å². The number of hydrogen-bond donors (Lipinski definition) is 1. The Morgan fingerprint density at radius 1 is 1.56 bits per heavy atom. The van der Waals surface area contributed by atoms with Crippen LogP contribution < -0.4 is 0 Å². The smallest absolute Gasteiger partial charge is 0.206 e. The summed E-state index contributed by atoms with van der Waals surface area (Å²) >= 11 is 1.61. The summed E-state index contributed by atoms with van der Waals surface area (Å²) in [5, 5.41) is 14.5. The Balaban J connectivity index is 2.48. The van der Waals surface area contributed by atoms with Crippen molar-refractivity contribution in [2.75, 3.05) is 0 Å². The molecule has 0 radical (unpaired) electrons. The summed E-state index contributed by atoms with van der Waals surface area (Å²) in [6.45, 7) is 4.18. The van der Waals surface area contributed by atoms with E-state index in [9.17, 15) is 0 Å². The van der Waals surface area contributed by atoms with Crippen LogP contribution in [0.25, 0.3) is 0 Å². The first kappa shape index (κ1) is 6.54. The summed E-state index contributed by atoms with van der Waals surface area (Å²) in [6.07, 6.45) is 0. The predicted octanol–water partition coefficient (Wildman–Crippen LogP) is 0.700. The standard InChI is InChI=1S/C4H8N4S/c1-3(2)9-4-5-7-8-6-4/h3H,1-2H3,(H,5,6,7,8). The zero-order valence-electron chi connectivity index (χ0n) is 5.33. The number of tetrazole rings is 1. The lowest BCUT2D eigenvalue weighted by atomic mass is 10.6. The van der Waals surface area contributed by atoms with Crippen LogP contribution in [0.5, 0.6) is 0 Å². The molecule has 0 aliphatic heterocycles. The van der Waals surface area contributed by atoms with Crippen LogP contribution in [0.3, 0.4) is 0 Å². The number of rotatable bonds is 2. The molecular weight excluding hydrogens is 136 g/mol. The molecule has 0 aliphatic rings. The van der Waals surface area contributed by atoms with Gasteiger partial charge in [0.2, 0.25) is 5.16 Å². The largest absolute Gasteiger partial charge is 0.234 e. The zero-order chi connectivity index (χ0) is 6.69. The minimum absolute atomic E-state index is 0.528. The number of nitrogens with one attached hydrogen (secondary N) is 1. The SMILES string of the molecule is CC(C)Sc1nnn[nH]1. The molecule has 1 aromatic rings. The molecule has 5 heteroatoms. The Bertz CT molecular complexity index is 159. The van der Waals surface area contributed by atoms with Crippen molar-refractivity contribution in [1.29, 1.82) is 0 Å². The highest BCUT2D eigenvalue weighted by molar-refractivity contribution is 7.99. The highest BCUT2D eigenvalue weighted by Gasteiger charge is 1.99. The average molecular weight is 144 g/mol. The molecule has 0 fully saturated rings. The molecule has 1 N–H and O–H groups in total. The molecule has 1 rings (SSSR count). The van der Waals surface area contributed by atoms with E-state index in [1.165, 1.54) is 0 Å². The average Bonchev–Trinajstić information content (AvgIpc) is 2.15. The van der Waals surface area contributed by atoms with Crippen LogP contribution in [-0.2, 0) is 0 Å². The van der Waals surface area contributed by atoms with Crippen LogP contribution in [0.1, 0.15) is 13.8 Å². The van der Waals surface area contributed by atoms with Crippen molar-refractivity contribution in [3.63, 3.8) is 0 Å². The van der Waals surface area contributed by atoms with Crippen LogP contribution in [-0.4, -0.2) is 25.9 Å². The van der Waals surface area contributed by atoms with Gasteiger partial charge in [-0.2, -0.15) is 0 Å². The fraction of sp³-hybridized carbons (Fsp3) is 0.750. The highest BCUT2D eigenvalue weighted by Crippen LogP contribution is 2.15. The Morgan fingerprint density at radius 2 is 2.33 bits per heavy atom. The minimum atomic E-state index is 0.528. The van der Waals surface area contributed by atoms with Crippen LogP contribution in [0.4, 0.5) is 0 Å². The molecular formula is C4H8N4S. The van der Waals surface area contributed by atoms with Crippen molar-refractivity contribution in [1.82, 2.24) is 20.6 Å². The summed E-state index contributed by atoms with van der Waals surface area (Å²) < 4.78 is 0. The van der Waals surface area contributed by atoms with Gasteiger partial charge in [-0.3, -0.25) is 0 Å². The third-order valence-electron chi connectivity index (χ3n) is 0.673. The first-order chi connectivity index (χ1) is 4.29. The molecule has 0 amide bonds. The number of H-pyrrole nitrogens is 1. The second-order valence-electron chi connectivity index (χ2n) is 1.87. The normalized spacial score (nSPS) is 10.6. The van der Waals surface area contributed by atoms with E-state index in [2.05, 4.69) is 34.5 Å². The van der Waals surface area contributed by atoms with Crippen LogP contribution in [0, 0.1) is 0 Å². The molecule has 0 saturated heterocycles. The van der Waals surface area contributed by atoms with E-state index >= 15 is 0 Å². The molecule has 4 nitrogen and oxygen atoms in total. The second kappa shape index (κ2) is 2.82. The lowest BCUT2D eigenvalue weighted by molar-refractivity contribution is 0.881. The van der Waals surface area contributed by atoms with Crippen LogP contribution in [0.2, 0.25) is 0 Å². The van der Waals surface area contributed by atoms with E-state index in [0.717, 1.165) is 5.16 Å². The van der Waals surface area contributed by atoms with E-state index in [0.29, 0.717) is 5.25 Å². The highest BCUT2D eigenvalue weighted by atomic mass is 32.2. The van der Waals surface area contributed by atoms with E-state index in [4.69, 9.17) is 0 Å². The van der Waals surface area contributed by atoms with Gasteiger partial charge >= 0.3 is 0 Å². The summed E-state index contributed by atoms with van der Waals surface area (Å²) in [5.41, 5.74) is 0. The molecule has 1 aromatic heterocycles. The zero-order valence-corrected chi connectivity index (χ0v) is 6.14. The molecule has 0 saturated carbocycles. The van der Waals surface area contributed by atoms with E-state index in [1.807, 2.05) is 0 Å². The molecule has 1 heterocycles. The Morgan fingerprint density at radius 3 is 2.78 bits per heavy atom. The maximum Gasteiger partial charge on any atom is 0.206 e. The summed E-state index contributed by atoms with van der Waals surface area (Å²) in [5.74, 6) is 0. The number of nitrogens with zero attached hydrogens (tertiary/aromatic N) is 3. The van der Waals surface area contributed by atoms with Crippen molar-refractivity contribution in [3.8, 4) is 0 Å². The quantitative estimate of drug-likeness (QED) is 0.621. The van der Waals surface area contributed by atoms with Crippen molar-refractivity contribution in [3.05, 3.63) is 0 Å². The number of hydrogen-bond acceptors (Lipinski definition) is 4. The minimum Gasteiger partial charge on any atom is -0.234 e. The van der Waals surface area contributed by atoms with Gasteiger partial charge < -0.3 is 0 Å². The van der Waals surface area contributed by atoms with Crippen molar-refractivity contribution < 1.29 is 0 Å². The number of thioether (sulfide) groups is 1.